The predicted molar refractivity (Wildman–Crippen MR) is 76.3 cm³/mol. The maximum Gasteiger partial charge on any atom is 0.251 e. The van der Waals surface area contributed by atoms with Crippen LogP contribution in [0.25, 0.3) is 0 Å². The van der Waals surface area contributed by atoms with Gasteiger partial charge in [-0.3, -0.25) is 4.79 Å². The zero-order valence-electron chi connectivity index (χ0n) is 11.4. The summed E-state index contributed by atoms with van der Waals surface area (Å²) in [4.78, 5) is 13.9. The highest BCUT2D eigenvalue weighted by Gasteiger charge is 2.34. The molecular weight excluding hydrogens is 242 g/mol. The Morgan fingerprint density at radius 3 is 2.63 bits per heavy atom. The van der Waals surface area contributed by atoms with Gasteiger partial charge in [0.15, 0.2) is 0 Å². The van der Waals surface area contributed by atoms with Gasteiger partial charge in [0.2, 0.25) is 0 Å². The van der Waals surface area contributed by atoms with E-state index in [4.69, 9.17) is 5.73 Å². The van der Waals surface area contributed by atoms with Crippen LogP contribution < -0.4 is 16.0 Å². The molecule has 0 spiro atoms. The highest BCUT2D eigenvalue weighted by Crippen LogP contribution is 2.30. The molecule has 0 aromatic heterocycles. The van der Waals surface area contributed by atoms with Crippen LogP contribution in [0.1, 0.15) is 29.6 Å². The summed E-state index contributed by atoms with van der Waals surface area (Å²) in [6, 6.07) is 5.23. The molecule has 1 aromatic rings. The van der Waals surface area contributed by atoms with Gasteiger partial charge in [-0.1, -0.05) is 0 Å². The maximum absolute atomic E-state index is 12.0. The minimum Gasteiger partial charge on any atom is -0.397 e. The molecule has 104 valence electrons. The Labute approximate surface area is 113 Å². The average molecular weight is 263 g/mol. The molecule has 1 aliphatic carbocycles. The van der Waals surface area contributed by atoms with Crippen molar-refractivity contribution in [2.75, 3.05) is 31.3 Å². The molecule has 0 radical (unpaired) electrons. The van der Waals surface area contributed by atoms with E-state index in [0.717, 1.165) is 24.9 Å². The van der Waals surface area contributed by atoms with Crippen molar-refractivity contribution in [3.8, 4) is 0 Å². The molecule has 19 heavy (non-hydrogen) atoms. The van der Waals surface area contributed by atoms with Crippen molar-refractivity contribution >= 4 is 17.3 Å². The summed E-state index contributed by atoms with van der Waals surface area (Å²) in [5.74, 6) is -0.197. The topological polar surface area (TPSA) is 78.6 Å². The highest BCUT2D eigenvalue weighted by molar-refractivity contribution is 5.96. The van der Waals surface area contributed by atoms with Gasteiger partial charge in [0.25, 0.3) is 5.91 Å². The minimum atomic E-state index is -0.704. The fraction of sp³-hybridized carbons (Fsp3) is 0.500. The van der Waals surface area contributed by atoms with Crippen molar-refractivity contribution in [3.05, 3.63) is 23.8 Å². The first-order valence-electron chi connectivity index (χ1n) is 6.49. The molecule has 5 nitrogen and oxygen atoms in total. The minimum absolute atomic E-state index is 0.197. The first-order chi connectivity index (χ1) is 8.91. The summed E-state index contributed by atoms with van der Waals surface area (Å²) in [6.45, 7) is 0.307. The quantitative estimate of drug-likeness (QED) is 0.708. The van der Waals surface area contributed by atoms with Gasteiger partial charge >= 0.3 is 0 Å². The molecular formula is C14H21N3O2. The van der Waals surface area contributed by atoms with Crippen LogP contribution in [0.5, 0.6) is 0 Å². The highest BCUT2D eigenvalue weighted by atomic mass is 16.3. The van der Waals surface area contributed by atoms with Crippen LogP contribution in [-0.2, 0) is 0 Å². The van der Waals surface area contributed by atoms with E-state index >= 15 is 0 Å². The van der Waals surface area contributed by atoms with Crippen molar-refractivity contribution in [1.82, 2.24) is 5.32 Å². The molecule has 0 atom stereocenters. The third-order valence-corrected chi connectivity index (χ3v) is 3.63. The Kier molecular flexibility index (Phi) is 3.66. The molecule has 0 saturated heterocycles. The van der Waals surface area contributed by atoms with Gasteiger partial charge in [-0.05, 0) is 37.5 Å². The van der Waals surface area contributed by atoms with Gasteiger partial charge in [0.1, 0.15) is 0 Å². The van der Waals surface area contributed by atoms with Gasteiger partial charge in [-0.15, -0.1) is 0 Å². The lowest BCUT2D eigenvalue weighted by Gasteiger charge is -2.36. The molecule has 4 N–H and O–H groups in total. The average Bonchev–Trinajstić information content (AvgIpc) is 2.33. The summed E-state index contributed by atoms with van der Waals surface area (Å²) < 4.78 is 0. The molecule has 1 amide bonds. The number of hydrogen-bond donors (Lipinski definition) is 3. The van der Waals surface area contributed by atoms with E-state index in [1.807, 2.05) is 25.1 Å². The van der Waals surface area contributed by atoms with Crippen molar-refractivity contribution in [2.24, 2.45) is 0 Å². The fourth-order valence-corrected chi connectivity index (χ4v) is 2.21. The summed E-state index contributed by atoms with van der Waals surface area (Å²) in [5.41, 5.74) is 7.18. The number of nitrogens with two attached hydrogens (primary N) is 1. The van der Waals surface area contributed by atoms with Crippen LogP contribution in [-0.4, -0.2) is 37.3 Å². The zero-order chi connectivity index (χ0) is 14.0. The Balaban J connectivity index is 2.01. The Morgan fingerprint density at radius 1 is 1.47 bits per heavy atom. The number of nitrogen functional groups attached to an aromatic ring is 1. The van der Waals surface area contributed by atoms with Gasteiger partial charge in [0, 0.05) is 26.2 Å². The lowest BCUT2D eigenvalue weighted by atomic mass is 9.80. The second-order valence-electron chi connectivity index (χ2n) is 5.43. The number of benzene rings is 1. The van der Waals surface area contributed by atoms with Crippen molar-refractivity contribution in [2.45, 2.75) is 24.9 Å². The van der Waals surface area contributed by atoms with Crippen LogP contribution >= 0.6 is 0 Å². The summed E-state index contributed by atoms with van der Waals surface area (Å²) in [7, 11) is 3.80. The number of nitrogens with one attached hydrogen (secondary N) is 1. The largest absolute Gasteiger partial charge is 0.397 e. The van der Waals surface area contributed by atoms with E-state index in [-0.39, 0.29) is 5.91 Å². The predicted octanol–water partition coefficient (Wildman–Crippen LogP) is 0.980. The molecule has 0 heterocycles. The Morgan fingerprint density at radius 2 is 2.16 bits per heavy atom. The number of anilines is 2. The molecule has 1 aromatic carbocycles. The normalized spacial score (nSPS) is 16.6. The Bertz CT molecular complexity index is 482. The second-order valence-corrected chi connectivity index (χ2v) is 5.43. The monoisotopic (exact) mass is 263 g/mol. The number of carbonyl (C=O) groups excluding carboxylic acids is 1. The van der Waals surface area contributed by atoms with E-state index in [1.165, 1.54) is 0 Å². The zero-order valence-corrected chi connectivity index (χ0v) is 11.4. The van der Waals surface area contributed by atoms with Crippen molar-refractivity contribution in [3.63, 3.8) is 0 Å². The molecule has 1 fully saturated rings. The number of nitrogens with zero attached hydrogens (tertiary/aromatic N) is 1. The molecule has 0 aliphatic heterocycles. The lowest BCUT2D eigenvalue weighted by molar-refractivity contribution is -0.0300. The van der Waals surface area contributed by atoms with Crippen LogP contribution in [0.4, 0.5) is 11.4 Å². The standard InChI is InChI=1S/C14H21N3O2/c1-17(2)12-5-4-10(8-11(12)15)13(18)16-9-14(19)6-3-7-14/h4-5,8,19H,3,6-7,9,15H2,1-2H3,(H,16,18). The van der Waals surface area contributed by atoms with Crippen molar-refractivity contribution in [1.29, 1.82) is 0 Å². The molecule has 0 bridgehead atoms. The SMILES string of the molecule is CN(C)c1ccc(C(=O)NCC2(O)CCC2)cc1N. The third kappa shape index (κ3) is 2.98. The second kappa shape index (κ2) is 5.09. The van der Waals surface area contributed by atoms with E-state index in [2.05, 4.69) is 5.32 Å². The maximum atomic E-state index is 12.0. The van der Waals surface area contributed by atoms with E-state index in [1.54, 1.807) is 12.1 Å². The molecule has 2 rings (SSSR count). The van der Waals surface area contributed by atoms with E-state index < -0.39 is 5.60 Å². The summed E-state index contributed by atoms with van der Waals surface area (Å²) in [5, 5.41) is 12.7. The molecule has 0 unspecified atom stereocenters. The van der Waals surface area contributed by atoms with Crippen LogP contribution in [0.2, 0.25) is 0 Å². The van der Waals surface area contributed by atoms with Crippen molar-refractivity contribution < 1.29 is 9.90 Å². The number of aliphatic hydroxyl groups is 1. The Hall–Kier alpha value is -1.75. The number of rotatable bonds is 4. The fourth-order valence-electron chi connectivity index (χ4n) is 2.21. The molecule has 5 heteroatoms. The number of amides is 1. The van der Waals surface area contributed by atoms with E-state index in [0.29, 0.717) is 17.8 Å². The number of hydrogen-bond acceptors (Lipinski definition) is 4. The van der Waals surface area contributed by atoms with Gasteiger partial charge in [-0.25, -0.2) is 0 Å². The summed E-state index contributed by atoms with van der Waals surface area (Å²) >= 11 is 0. The third-order valence-electron chi connectivity index (χ3n) is 3.63. The van der Waals surface area contributed by atoms with Crippen LogP contribution in [0.15, 0.2) is 18.2 Å². The van der Waals surface area contributed by atoms with Gasteiger partial charge in [0.05, 0.1) is 17.0 Å². The van der Waals surface area contributed by atoms with E-state index in [9.17, 15) is 9.90 Å². The van der Waals surface area contributed by atoms with Crippen LogP contribution in [0, 0.1) is 0 Å². The van der Waals surface area contributed by atoms with Gasteiger partial charge < -0.3 is 21.1 Å². The summed E-state index contributed by atoms with van der Waals surface area (Å²) in [6.07, 6.45) is 2.54. The first-order valence-corrected chi connectivity index (χ1v) is 6.49. The number of carbonyl (C=O) groups is 1. The van der Waals surface area contributed by atoms with Crippen LogP contribution in [0.3, 0.4) is 0 Å². The first kappa shape index (κ1) is 13.7. The van der Waals surface area contributed by atoms with Gasteiger partial charge in [-0.2, -0.15) is 0 Å². The molecule has 1 aliphatic rings. The smallest absolute Gasteiger partial charge is 0.251 e. The lowest BCUT2D eigenvalue weighted by Crippen LogP contribution is -2.47. The molecule has 1 saturated carbocycles.